The van der Waals surface area contributed by atoms with Gasteiger partial charge in [-0.05, 0) is 77.0 Å². The number of carbonyl (C=O) groups is 3. The van der Waals surface area contributed by atoms with Crippen LogP contribution < -0.4 is 5.32 Å². The van der Waals surface area contributed by atoms with E-state index in [1.807, 2.05) is 58.2 Å². The number of rotatable bonds is 15. The van der Waals surface area contributed by atoms with Crippen molar-refractivity contribution in [1.29, 1.82) is 0 Å². The highest BCUT2D eigenvalue weighted by atomic mass is 16.5. The number of imidazole rings is 2. The number of ether oxygens (including phenoxy) is 3. The number of benzene rings is 1. The minimum absolute atomic E-state index is 0.0334. The SMILES string of the molecule is CC[C@H](C)N(C(=O)[C@@H](NC(=O)OC)[C@H](C)OC)[C@@H](C)c1ncc(-c2ccc(-c3ccc(-c4cnc([C@@H]5[C@H]6CC[C@H](C6)N5C(=O)C[C@H](C)OC)[nH]4)cc3)nc2)[nH]1. The molecule has 3 aromatic heterocycles. The number of fused-ring (bicyclic) bond motifs is 2. The van der Waals surface area contributed by atoms with Gasteiger partial charge >= 0.3 is 6.09 Å². The van der Waals surface area contributed by atoms with Crippen molar-refractivity contribution < 1.29 is 28.6 Å². The zero-order chi connectivity index (χ0) is 39.4. The lowest BCUT2D eigenvalue weighted by Gasteiger charge is -2.37. The maximum atomic E-state index is 13.9. The molecule has 6 rings (SSSR count). The molecular weight excluding hydrogens is 701 g/mol. The molecule has 1 saturated heterocycles. The van der Waals surface area contributed by atoms with Crippen LogP contribution >= 0.6 is 0 Å². The fraction of sp³-hybridized carbons (Fsp3) is 0.512. The van der Waals surface area contributed by atoms with Crippen molar-refractivity contribution in [2.24, 2.45) is 5.92 Å². The third kappa shape index (κ3) is 8.30. The molecule has 1 aromatic carbocycles. The van der Waals surface area contributed by atoms with Gasteiger partial charge < -0.3 is 39.3 Å². The number of carbonyl (C=O) groups excluding carboxylic acids is 3. The Kier molecular flexibility index (Phi) is 12.4. The Bertz CT molecular complexity index is 1930. The van der Waals surface area contributed by atoms with E-state index in [2.05, 4.69) is 37.3 Å². The summed E-state index contributed by atoms with van der Waals surface area (Å²) >= 11 is 0. The first-order chi connectivity index (χ1) is 26.5. The van der Waals surface area contributed by atoms with E-state index >= 15 is 0 Å². The lowest BCUT2D eigenvalue weighted by atomic mass is 9.97. The minimum Gasteiger partial charge on any atom is -0.453 e. The zero-order valence-electron chi connectivity index (χ0n) is 33.0. The first-order valence-electron chi connectivity index (χ1n) is 19.2. The number of aromatic amines is 2. The molecule has 0 unspecified atom stereocenters. The highest BCUT2D eigenvalue weighted by Gasteiger charge is 2.49. The zero-order valence-corrected chi connectivity index (χ0v) is 33.0. The molecule has 2 aliphatic rings. The standard InChI is InChI=1S/C41H54N8O6/c1-9-23(2)48(40(51)36(26(5)54-7)47-41(52)55-8)25(4)38-43-22-34(45-38)30-15-17-32(42-20-30)27-10-12-28(13-11-27)33-21-44-39(46-33)37-29-14-16-31(19-29)49(37)35(50)18-24(3)53-6/h10-13,15,17,20-26,29,31,36-37H,9,14,16,18-19H2,1-8H3,(H,43,45)(H,44,46)(H,47,52)/t23-,24-,25-,26-,29-,31+,36-,37-/m0/s1. The van der Waals surface area contributed by atoms with Crippen molar-refractivity contribution in [3.8, 4) is 33.8 Å². The third-order valence-corrected chi connectivity index (χ3v) is 11.5. The Hall–Kier alpha value is -5.08. The summed E-state index contributed by atoms with van der Waals surface area (Å²) in [6, 6.07) is 10.9. The Morgan fingerprint density at radius 2 is 1.56 bits per heavy atom. The van der Waals surface area contributed by atoms with E-state index < -0.39 is 24.3 Å². The number of nitrogens with one attached hydrogen (secondary N) is 3. The fourth-order valence-corrected chi connectivity index (χ4v) is 7.99. The highest BCUT2D eigenvalue weighted by Crippen LogP contribution is 2.50. The Morgan fingerprint density at radius 3 is 2.22 bits per heavy atom. The van der Waals surface area contributed by atoms with Crippen molar-refractivity contribution in [2.45, 2.75) is 109 Å². The number of alkyl carbamates (subject to hydrolysis) is 1. The van der Waals surface area contributed by atoms with Gasteiger partial charge in [0.1, 0.15) is 17.7 Å². The Labute approximate surface area is 322 Å². The molecule has 0 spiro atoms. The van der Waals surface area contributed by atoms with Crippen LogP contribution in [0.2, 0.25) is 0 Å². The van der Waals surface area contributed by atoms with Crippen LogP contribution in [0.5, 0.6) is 0 Å². The van der Waals surface area contributed by atoms with Crippen LogP contribution in [-0.2, 0) is 23.8 Å². The average Bonchev–Trinajstić information content (AvgIpc) is 4.05. The molecule has 0 radical (unpaired) electrons. The van der Waals surface area contributed by atoms with Gasteiger partial charge in [-0.15, -0.1) is 0 Å². The van der Waals surface area contributed by atoms with E-state index in [-0.39, 0.29) is 36.0 Å². The molecule has 4 heterocycles. The molecule has 14 nitrogen and oxygen atoms in total. The number of H-pyrrole nitrogens is 2. The summed E-state index contributed by atoms with van der Waals surface area (Å²) in [5.41, 5.74) is 5.31. The van der Waals surface area contributed by atoms with Crippen LogP contribution in [-0.4, -0.2) is 104 Å². The molecule has 1 aliphatic carbocycles. The van der Waals surface area contributed by atoms with Gasteiger partial charge in [0.15, 0.2) is 0 Å². The Morgan fingerprint density at radius 1 is 0.873 bits per heavy atom. The van der Waals surface area contributed by atoms with Crippen LogP contribution in [0.4, 0.5) is 4.79 Å². The smallest absolute Gasteiger partial charge is 0.407 e. The monoisotopic (exact) mass is 754 g/mol. The number of nitrogens with zero attached hydrogens (tertiary/aromatic N) is 5. The molecule has 3 N–H and O–H groups in total. The third-order valence-electron chi connectivity index (χ3n) is 11.5. The lowest BCUT2D eigenvalue weighted by Crippen LogP contribution is -2.56. The van der Waals surface area contributed by atoms with Crippen LogP contribution in [0, 0.1) is 5.92 Å². The van der Waals surface area contributed by atoms with Crippen molar-refractivity contribution in [2.75, 3.05) is 21.3 Å². The van der Waals surface area contributed by atoms with E-state index in [1.54, 1.807) is 31.3 Å². The number of pyridine rings is 1. The van der Waals surface area contributed by atoms with Gasteiger partial charge in [-0.1, -0.05) is 31.2 Å². The molecule has 8 atom stereocenters. The van der Waals surface area contributed by atoms with Crippen LogP contribution in [0.25, 0.3) is 33.8 Å². The molecule has 55 heavy (non-hydrogen) atoms. The first-order valence-corrected chi connectivity index (χ1v) is 19.2. The van der Waals surface area contributed by atoms with E-state index in [1.165, 1.54) is 14.2 Å². The second-order valence-corrected chi connectivity index (χ2v) is 14.8. The van der Waals surface area contributed by atoms with Crippen LogP contribution in [0.15, 0.2) is 55.0 Å². The summed E-state index contributed by atoms with van der Waals surface area (Å²) in [5, 5.41) is 2.64. The summed E-state index contributed by atoms with van der Waals surface area (Å²) < 4.78 is 15.6. The molecular formula is C41H54N8O6. The van der Waals surface area contributed by atoms with Gasteiger partial charge in [0.2, 0.25) is 11.8 Å². The first kappa shape index (κ1) is 39.6. The summed E-state index contributed by atoms with van der Waals surface area (Å²) in [4.78, 5) is 64.2. The van der Waals surface area contributed by atoms with E-state index in [9.17, 15) is 14.4 Å². The summed E-state index contributed by atoms with van der Waals surface area (Å²) in [6.07, 6.45) is 8.24. The van der Waals surface area contributed by atoms with Gasteiger partial charge in [-0.25, -0.2) is 14.8 Å². The van der Waals surface area contributed by atoms with E-state index in [0.29, 0.717) is 24.6 Å². The number of hydrogen-bond acceptors (Lipinski definition) is 9. The number of aromatic nitrogens is 5. The van der Waals surface area contributed by atoms with Gasteiger partial charge in [0.25, 0.3) is 0 Å². The van der Waals surface area contributed by atoms with Crippen molar-refractivity contribution in [3.63, 3.8) is 0 Å². The number of amides is 3. The summed E-state index contributed by atoms with van der Waals surface area (Å²) in [7, 11) is 4.39. The Balaban J connectivity index is 1.14. The second-order valence-electron chi connectivity index (χ2n) is 14.8. The van der Waals surface area contributed by atoms with Gasteiger partial charge in [-0.2, -0.15) is 0 Å². The summed E-state index contributed by atoms with van der Waals surface area (Å²) in [6.45, 7) is 9.54. The quantitative estimate of drug-likeness (QED) is 0.124. The number of piperidine rings is 1. The molecule has 294 valence electrons. The van der Waals surface area contributed by atoms with E-state index in [0.717, 1.165) is 58.9 Å². The molecule has 1 aliphatic heterocycles. The predicted octanol–water partition coefficient (Wildman–Crippen LogP) is 6.45. The lowest BCUT2D eigenvalue weighted by molar-refractivity contribution is -0.141. The maximum absolute atomic E-state index is 13.9. The van der Waals surface area contributed by atoms with Crippen molar-refractivity contribution >= 4 is 17.9 Å². The molecule has 2 fully saturated rings. The molecule has 14 heteroatoms. The molecule has 1 saturated carbocycles. The van der Waals surface area contributed by atoms with Crippen LogP contribution in [0.3, 0.4) is 0 Å². The summed E-state index contributed by atoms with van der Waals surface area (Å²) in [5.74, 6) is 1.71. The average molecular weight is 755 g/mol. The predicted molar refractivity (Wildman–Crippen MR) is 207 cm³/mol. The van der Waals surface area contributed by atoms with Gasteiger partial charge in [-0.3, -0.25) is 14.6 Å². The molecule has 2 bridgehead atoms. The van der Waals surface area contributed by atoms with Crippen molar-refractivity contribution in [1.82, 2.24) is 40.0 Å². The second kappa shape index (κ2) is 17.2. The largest absolute Gasteiger partial charge is 0.453 e. The number of methoxy groups -OCH3 is 3. The number of hydrogen-bond donors (Lipinski definition) is 3. The minimum atomic E-state index is -0.948. The maximum Gasteiger partial charge on any atom is 0.407 e. The van der Waals surface area contributed by atoms with Gasteiger partial charge in [0, 0.05) is 43.6 Å². The fourth-order valence-electron chi connectivity index (χ4n) is 7.99. The van der Waals surface area contributed by atoms with Crippen molar-refractivity contribution in [3.05, 3.63) is 66.6 Å². The highest BCUT2D eigenvalue weighted by molar-refractivity contribution is 5.87. The topological polar surface area (TPSA) is 168 Å². The van der Waals surface area contributed by atoms with Crippen LogP contribution in [0.1, 0.15) is 90.5 Å². The normalized spacial score (nSPS) is 20.4. The van der Waals surface area contributed by atoms with Gasteiger partial charge in [0.05, 0.1) is 67.3 Å². The number of likely N-dealkylation sites (tertiary alicyclic amines) is 1. The van der Waals surface area contributed by atoms with E-state index in [4.69, 9.17) is 24.2 Å². The molecule has 3 amide bonds. The molecule has 4 aromatic rings.